The van der Waals surface area contributed by atoms with Gasteiger partial charge in [0.15, 0.2) is 11.5 Å². The van der Waals surface area contributed by atoms with Crippen LogP contribution in [0.5, 0.6) is 11.5 Å². The largest absolute Gasteiger partial charge is 0.486 e. The standard InChI is InChI=1S/C12H13N3O2/c1-8-14-2-3-15(8)10-7-12-11(6-9(10)13)16-4-5-17-12/h2-3,6-7H,4-5,13H2,1H3. The van der Waals surface area contributed by atoms with Crippen molar-refractivity contribution in [1.29, 1.82) is 0 Å². The van der Waals surface area contributed by atoms with Crippen LogP contribution in [0, 0.1) is 6.92 Å². The Morgan fingerprint density at radius 1 is 1.24 bits per heavy atom. The summed E-state index contributed by atoms with van der Waals surface area (Å²) in [5, 5.41) is 0. The van der Waals surface area contributed by atoms with Crippen LogP contribution in [0.15, 0.2) is 24.5 Å². The first-order chi connectivity index (χ1) is 8.25. The van der Waals surface area contributed by atoms with Crippen LogP contribution in [0.25, 0.3) is 5.69 Å². The Hall–Kier alpha value is -2.17. The van der Waals surface area contributed by atoms with Crippen molar-refractivity contribution in [2.24, 2.45) is 0 Å². The molecule has 3 rings (SSSR count). The predicted octanol–water partition coefficient (Wildman–Crippen LogP) is 1.53. The molecule has 0 amide bonds. The molecule has 1 aliphatic rings. The normalized spacial score (nSPS) is 13.7. The number of nitrogens with two attached hydrogens (primary N) is 1. The van der Waals surface area contributed by atoms with Gasteiger partial charge in [-0.05, 0) is 6.92 Å². The highest BCUT2D eigenvalue weighted by Crippen LogP contribution is 2.36. The summed E-state index contributed by atoms with van der Waals surface area (Å²) in [4.78, 5) is 4.18. The lowest BCUT2D eigenvalue weighted by Crippen LogP contribution is -2.16. The smallest absolute Gasteiger partial charge is 0.163 e. The van der Waals surface area contributed by atoms with Gasteiger partial charge in [0.05, 0.1) is 11.4 Å². The second-order valence-electron chi connectivity index (χ2n) is 3.90. The molecule has 0 aliphatic carbocycles. The Bertz CT molecular complexity index is 563. The molecule has 5 nitrogen and oxygen atoms in total. The average molecular weight is 231 g/mol. The van der Waals surface area contributed by atoms with Crippen molar-refractivity contribution >= 4 is 5.69 Å². The van der Waals surface area contributed by atoms with Gasteiger partial charge in [-0.15, -0.1) is 0 Å². The topological polar surface area (TPSA) is 62.3 Å². The quantitative estimate of drug-likeness (QED) is 0.756. The molecule has 0 saturated heterocycles. The summed E-state index contributed by atoms with van der Waals surface area (Å²) >= 11 is 0. The summed E-state index contributed by atoms with van der Waals surface area (Å²) in [5.74, 6) is 2.32. The van der Waals surface area contributed by atoms with Crippen molar-refractivity contribution in [1.82, 2.24) is 9.55 Å². The number of aromatic nitrogens is 2. The molecule has 0 saturated carbocycles. The molecule has 1 aromatic heterocycles. The summed E-state index contributed by atoms with van der Waals surface area (Å²) < 4.78 is 12.9. The molecule has 0 radical (unpaired) electrons. The van der Waals surface area contributed by atoms with Gasteiger partial charge >= 0.3 is 0 Å². The number of hydrogen-bond donors (Lipinski definition) is 1. The zero-order valence-electron chi connectivity index (χ0n) is 9.51. The second-order valence-corrected chi connectivity index (χ2v) is 3.90. The summed E-state index contributed by atoms with van der Waals surface area (Å²) in [5.41, 5.74) is 7.53. The zero-order valence-corrected chi connectivity index (χ0v) is 9.51. The molecule has 88 valence electrons. The molecule has 0 fully saturated rings. The SMILES string of the molecule is Cc1nccn1-c1cc2c(cc1N)OCCO2. The molecule has 2 aromatic rings. The minimum atomic E-state index is 0.565. The second kappa shape index (κ2) is 3.69. The van der Waals surface area contributed by atoms with Gasteiger partial charge in [0.1, 0.15) is 19.0 Å². The first kappa shape index (κ1) is 10.0. The van der Waals surface area contributed by atoms with Crippen LogP contribution in [0.3, 0.4) is 0 Å². The maximum atomic E-state index is 6.02. The van der Waals surface area contributed by atoms with Crippen molar-refractivity contribution < 1.29 is 9.47 Å². The Kier molecular flexibility index (Phi) is 2.18. The lowest BCUT2D eigenvalue weighted by Gasteiger charge is -2.20. The van der Waals surface area contributed by atoms with Crippen LogP contribution >= 0.6 is 0 Å². The van der Waals surface area contributed by atoms with E-state index in [1.54, 1.807) is 12.3 Å². The zero-order chi connectivity index (χ0) is 11.8. The molecule has 0 bridgehead atoms. The number of anilines is 1. The molecule has 1 aliphatic heterocycles. The van der Waals surface area contributed by atoms with Crippen LogP contribution in [0.2, 0.25) is 0 Å². The third-order valence-electron chi connectivity index (χ3n) is 2.78. The van der Waals surface area contributed by atoms with Crippen molar-refractivity contribution in [2.45, 2.75) is 6.92 Å². The molecule has 17 heavy (non-hydrogen) atoms. The van der Waals surface area contributed by atoms with E-state index in [1.807, 2.05) is 23.8 Å². The number of imidazole rings is 1. The van der Waals surface area contributed by atoms with Crippen molar-refractivity contribution in [3.05, 3.63) is 30.4 Å². The first-order valence-electron chi connectivity index (χ1n) is 5.45. The average Bonchev–Trinajstić information content (AvgIpc) is 2.74. The van der Waals surface area contributed by atoms with E-state index in [0.29, 0.717) is 24.7 Å². The fraction of sp³-hybridized carbons (Fsp3) is 0.250. The minimum absolute atomic E-state index is 0.565. The monoisotopic (exact) mass is 231 g/mol. The molecule has 0 unspecified atom stereocenters. The molecule has 0 atom stereocenters. The maximum absolute atomic E-state index is 6.02. The molecule has 1 aromatic carbocycles. The number of fused-ring (bicyclic) bond motifs is 1. The van der Waals surface area contributed by atoms with E-state index in [9.17, 15) is 0 Å². The van der Waals surface area contributed by atoms with Gasteiger partial charge in [-0.3, -0.25) is 0 Å². The summed E-state index contributed by atoms with van der Waals surface area (Å²) in [7, 11) is 0. The number of aryl methyl sites for hydroxylation is 1. The lowest BCUT2D eigenvalue weighted by molar-refractivity contribution is 0.171. The van der Waals surface area contributed by atoms with Crippen LogP contribution in [0.1, 0.15) is 5.82 Å². The molecule has 5 heteroatoms. The van der Waals surface area contributed by atoms with Crippen LogP contribution in [0.4, 0.5) is 5.69 Å². The lowest BCUT2D eigenvalue weighted by atomic mass is 10.2. The van der Waals surface area contributed by atoms with E-state index in [4.69, 9.17) is 15.2 Å². The van der Waals surface area contributed by atoms with Gasteiger partial charge in [0.25, 0.3) is 0 Å². The van der Waals surface area contributed by atoms with Crippen LogP contribution in [-0.2, 0) is 0 Å². The van der Waals surface area contributed by atoms with Crippen LogP contribution < -0.4 is 15.2 Å². The molecule has 2 heterocycles. The Morgan fingerprint density at radius 3 is 2.59 bits per heavy atom. The fourth-order valence-corrected chi connectivity index (χ4v) is 1.93. The number of nitrogens with zero attached hydrogens (tertiary/aromatic N) is 2. The molecular formula is C12H13N3O2. The van der Waals surface area contributed by atoms with Gasteiger partial charge in [-0.25, -0.2) is 4.98 Å². The minimum Gasteiger partial charge on any atom is -0.486 e. The van der Waals surface area contributed by atoms with Gasteiger partial charge in [0, 0.05) is 24.5 Å². The van der Waals surface area contributed by atoms with Crippen LogP contribution in [-0.4, -0.2) is 22.8 Å². The molecule has 0 spiro atoms. The number of nitrogen functional groups attached to an aromatic ring is 1. The highest BCUT2D eigenvalue weighted by molar-refractivity contribution is 5.66. The van der Waals surface area contributed by atoms with E-state index in [0.717, 1.165) is 17.3 Å². The Balaban J connectivity index is 2.15. The third kappa shape index (κ3) is 1.60. The highest BCUT2D eigenvalue weighted by Gasteiger charge is 2.16. The Labute approximate surface area is 98.8 Å². The Morgan fingerprint density at radius 2 is 1.94 bits per heavy atom. The number of ether oxygens (including phenoxy) is 2. The van der Waals surface area contributed by atoms with E-state index < -0.39 is 0 Å². The van der Waals surface area contributed by atoms with Gasteiger partial charge in [-0.1, -0.05) is 0 Å². The summed E-state index contributed by atoms with van der Waals surface area (Å²) in [6, 6.07) is 3.68. The highest BCUT2D eigenvalue weighted by atomic mass is 16.6. The molecular weight excluding hydrogens is 218 g/mol. The van der Waals surface area contributed by atoms with E-state index >= 15 is 0 Å². The van der Waals surface area contributed by atoms with E-state index in [-0.39, 0.29) is 0 Å². The third-order valence-corrected chi connectivity index (χ3v) is 2.78. The number of benzene rings is 1. The van der Waals surface area contributed by atoms with Crippen molar-refractivity contribution in [3.8, 4) is 17.2 Å². The summed E-state index contributed by atoms with van der Waals surface area (Å²) in [6.07, 6.45) is 3.61. The van der Waals surface area contributed by atoms with Crippen molar-refractivity contribution in [3.63, 3.8) is 0 Å². The van der Waals surface area contributed by atoms with Gasteiger partial charge < -0.3 is 19.8 Å². The van der Waals surface area contributed by atoms with Gasteiger partial charge in [0.2, 0.25) is 0 Å². The fourth-order valence-electron chi connectivity index (χ4n) is 1.93. The predicted molar refractivity (Wildman–Crippen MR) is 63.7 cm³/mol. The molecule has 2 N–H and O–H groups in total. The first-order valence-corrected chi connectivity index (χ1v) is 5.45. The van der Waals surface area contributed by atoms with Crippen molar-refractivity contribution in [2.75, 3.05) is 18.9 Å². The number of rotatable bonds is 1. The maximum Gasteiger partial charge on any atom is 0.163 e. The summed E-state index contributed by atoms with van der Waals surface area (Å²) in [6.45, 7) is 3.06. The van der Waals surface area contributed by atoms with Gasteiger partial charge in [-0.2, -0.15) is 0 Å². The van der Waals surface area contributed by atoms with E-state index in [1.165, 1.54) is 0 Å². The number of hydrogen-bond acceptors (Lipinski definition) is 4. The van der Waals surface area contributed by atoms with E-state index in [2.05, 4.69) is 4.98 Å².